The zero-order valence-electron chi connectivity index (χ0n) is 12.9. The van der Waals surface area contributed by atoms with Crippen molar-refractivity contribution in [3.05, 3.63) is 56.2 Å². The highest BCUT2D eigenvalue weighted by molar-refractivity contribution is 7.96. The summed E-state index contributed by atoms with van der Waals surface area (Å²) in [6.07, 6.45) is -4.32. The predicted molar refractivity (Wildman–Crippen MR) is 86.9 cm³/mol. The van der Waals surface area contributed by atoms with E-state index in [4.69, 9.17) is 11.6 Å². The molecule has 2 rings (SSSR count). The topological polar surface area (TPSA) is 52.0 Å². The van der Waals surface area contributed by atoms with Crippen molar-refractivity contribution < 1.29 is 22.4 Å². The molecule has 4 nitrogen and oxygen atoms in total. The van der Waals surface area contributed by atoms with Crippen LogP contribution in [-0.4, -0.2) is 14.9 Å². The number of hydrogen-bond donors (Lipinski definition) is 1. The predicted octanol–water partition coefficient (Wildman–Crippen LogP) is 3.91. The summed E-state index contributed by atoms with van der Waals surface area (Å²) in [5, 5.41) is 2.78. The summed E-state index contributed by atoms with van der Waals surface area (Å²) in [5.74, 6) is -1.79. The van der Waals surface area contributed by atoms with E-state index in [2.05, 4.69) is 17.7 Å². The largest absolute Gasteiger partial charge is 0.418 e. The molecule has 2 aromatic rings. The lowest BCUT2D eigenvalue weighted by molar-refractivity contribution is -0.138. The molecule has 0 N–H and O–H groups in total. The molecular formula is C15H11ClF4N2O2S. The van der Waals surface area contributed by atoms with Gasteiger partial charge in [-0.15, -0.1) is 12.6 Å². The number of alkyl halides is 3. The Bertz CT molecular complexity index is 912. The molecule has 1 aromatic heterocycles. The minimum atomic E-state index is -4.76. The molecule has 0 amide bonds. The number of benzene rings is 1. The number of thiol groups is 1. The Kier molecular flexibility index (Phi) is 5.29. The molecule has 0 bridgehead atoms. The van der Waals surface area contributed by atoms with Gasteiger partial charge in [0.05, 0.1) is 17.7 Å². The molecule has 0 saturated heterocycles. The molecule has 0 saturated carbocycles. The summed E-state index contributed by atoms with van der Waals surface area (Å²) in [7, 11) is 0. The molecule has 1 unspecified atom stereocenters. The standard InChI is InChI=1S/C15H11ClF4N2O2S/c1-6(14(24)25)8-3-12(11(17)4-10(8)16)22-13(23)7(2)9(5-21-22)15(18,19)20/h3-6H,1-2H3,(H,24,25). The van der Waals surface area contributed by atoms with Gasteiger partial charge in [-0.3, -0.25) is 9.59 Å². The summed E-state index contributed by atoms with van der Waals surface area (Å²) >= 11 is 9.58. The van der Waals surface area contributed by atoms with Crippen molar-refractivity contribution in [1.82, 2.24) is 9.78 Å². The maximum atomic E-state index is 14.2. The van der Waals surface area contributed by atoms with Crippen LogP contribution in [0.3, 0.4) is 0 Å². The van der Waals surface area contributed by atoms with Crippen molar-refractivity contribution in [2.45, 2.75) is 25.9 Å². The van der Waals surface area contributed by atoms with E-state index < -0.39 is 45.4 Å². The Labute approximate surface area is 149 Å². The summed E-state index contributed by atoms with van der Waals surface area (Å²) in [6, 6.07) is 1.96. The van der Waals surface area contributed by atoms with Crippen LogP contribution < -0.4 is 5.56 Å². The molecule has 1 aromatic carbocycles. The second kappa shape index (κ2) is 6.80. The minimum absolute atomic E-state index is 0.0761. The van der Waals surface area contributed by atoms with Crippen LogP contribution in [0.15, 0.2) is 23.1 Å². The fourth-order valence-corrected chi connectivity index (χ4v) is 2.63. The monoisotopic (exact) mass is 394 g/mol. The van der Waals surface area contributed by atoms with E-state index in [1.807, 2.05) is 0 Å². The van der Waals surface area contributed by atoms with Crippen molar-refractivity contribution in [2.75, 3.05) is 0 Å². The summed E-state index contributed by atoms with van der Waals surface area (Å²) < 4.78 is 53.2. The first-order chi connectivity index (χ1) is 11.4. The highest BCUT2D eigenvalue weighted by Crippen LogP contribution is 2.32. The molecule has 1 atom stereocenters. The van der Waals surface area contributed by atoms with Gasteiger partial charge in [0, 0.05) is 10.6 Å². The quantitative estimate of drug-likeness (QED) is 0.634. The summed E-state index contributed by atoms with van der Waals surface area (Å²) in [5.41, 5.74) is -3.21. The number of carbonyl (C=O) groups excluding carboxylic acids is 1. The zero-order valence-corrected chi connectivity index (χ0v) is 14.5. The molecule has 0 aliphatic carbocycles. The average Bonchev–Trinajstić information content (AvgIpc) is 2.48. The molecular weight excluding hydrogens is 384 g/mol. The van der Waals surface area contributed by atoms with Gasteiger partial charge in [-0.25, -0.2) is 4.39 Å². The van der Waals surface area contributed by atoms with Crippen LogP contribution >= 0.6 is 24.2 Å². The number of rotatable bonds is 3. The van der Waals surface area contributed by atoms with E-state index in [0.717, 1.165) is 19.1 Å². The number of halogens is 5. The summed E-state index contributed by atoms with van der Waals surface area (Å²) in [4.78, 5) is 23.6. The van der Waals surface area contributed by atoms with Gasteiger partial charge in [0.2, 0.25) is 0 Å². The first-order valence-electron chi connectivity index (χ1n) is 6.83. The van der Waals surface area contributed by atoms with Crippen LogP contribution in [0.25, 0.3) is 5.69 Å². The lowest BCUT2D eigenvalue weighted by Crippen LogP contribution is -2.28. The number of nitrogens with zero attached hydrogens (tertiary/aromatic N) is 2. The van der Waals surface area contributed by atoms with Crippen LogP contribution in [0, 0.1) is 12.7 Å². The fourth-order valence-electron chi connectivity index (χ4n) is 2.18. The lowest BCUT2D eigenvalue weighted by Gasteiger charge is -2.15. The van der Waals surface area contributed by atoms with Crippen LogP contribution in [0.2, 0.25) is 5.02 Å². The molecule has 134 valence electrons. The van der Waals surface area contributed by atoms with Gasteiger partial charge in [0.25, 0.3) is 5.56 Å². The Hall–Kier alpha value is -1.87. The van der Waals surface area contributed by atoms with E-state index in [1.54, 1.807) is 0 Å². The van der Waals surface area contributed by atoms with E-state index >= 15 is 0 Å². The zero-order chi connectivity index (χ0) is 19.1. The summed E-state index contributed by atoms with van der Waals surface area (Å²) in [6.45, 7) is 2.43. The van der Waals surface area contributed by atoms with Crippen LogP contribution in [0.4, 0.5) is 17.6 Å². The average molecular weight is 395 g/mol. The molecule has 0 fully saturated rings. The van der Waals surface area contributed by atoms with Crippen LogP contribution in [0.5, 0.6) is 0 Å². The van der Waals surface area contributed by atoms with Crippen LogP contribution in [0.1, 0.15) is 29.5 Å². The normalized spacial score (nSPS) is 13.0. The molecule has 10 heteroatoms. The third kappa shape index (κ3) is 3.72. The SMILES string of the molecule is Cc1c(C(F)(F)F)cnn(-c2cc(C(C)C(=O)S)c(Cl)cc2F)c1=O. The van der Waals surface area contributed by atoms with Crippen molar-refractivity contribution in [3.8, 4) is 5.69 Å². The van der Waals surface area contributed by atoms with Gasteiger partial charge >= 0.3 is 6.18 Å². The third-order valence-electron chi connectivity index (χ3n) is 3.66. The third-order valence-corrected chi connectivity index (χ3v) is 4.37. The van der Waals surface area contributed by atoms with E-state index in [0.29, 0.717) is 10.9 Å². The maximum absolute atomic E-state index is 14.2. The second-order valence-corrected chi connectivity index (χ2v) is 6.13. The molecule has 0 spiro atoms. The Morgan fingerprint density at radius 2 is 1.96 bits per heavy atom. The van der Waals surface area contributed by atoms with Crippen molar-refractivity contribution in [3.63, 3.8) is 0 Å². The fraction of sp³-hybridized carbons (Fsp3) is 0.267. The van der Waals surface area contributed by atoms with Gasteiger partial charge in [0.15, 0.2) is 10.9 Å². The lowest BCUT2D eigenvalue weighted by atomic mass is 10.0. The van der Waals surface area contributed by atoms with Crippen molar-refractivity contribution in [2.24, 2.45) is 0 Å². The van der Waals surface area contributed by atoms with E-state index in [9.17, 15) is 27.2 Å². The number of hydrogen-bond acceptors (Lipinski definition) is 3. The van der Waals surface area contributed by atoms with Gasteiger partial charge in [0.1, 0.15) is 5.69 Å². The van der Waals surface area contributed by atoms with Gasteiger partial charge in [-0.05, 0) is 24.6 Å². The Morgan fingerprint density at radius 1 is 1.36 bits per heavy atom. The van der Waals surface area contributed by atoms with Crippen LogP contribution in [-0.2, 0) is 11.0 Å². The minimum Gasteiger partial charge on any atom is -0.287 e. The number of aromatic nitrogens is 2. The van der Waals surface area contributed by atoms with E-state index in [1.165, 1.54) is 6.92 Å². The molecule has 1 heterocycles. The molecule has 0 radical (unpaired) electrons. The number of carbonyl (C=O) groups is 1. The van der Waals surface area contributed by atoms with Gasteiger partial charge in [-0.1, -0.05) is 18.5 Å². The first-order valence-corrected chi connectivity index (χ1v) is 7.66. The highest BCUT2D eigenvalue weighted by Gasteiger charge is 2.34. The van der Waals surface area contributed by atoms with Crippen molar-refractivity contribution >= 4 is 29.3 Å². The first kappa shape index (κ1) is 19.5. The second-order valence-electron chi connectivity index (χ2n) is 5.28. The highest BCUT2D eigenvalue weighted by atomic mass is 35.5. The van der Waals surface area contributed by atoms with Crippen molar-refractivity contribution in [1.29, 1.82) is 0 Å². The van der Waals surface area contributed by atoms with E-state index in [-0.39, 0.29) is 10.6 Å². The maximum Gasteiger partial charge on any atom is 0.418 e. The molecule has 25 heavy (non-hydrogen) atoms. The van der Waals surface area contributed by atoms with Gasteiger partial charge < -0.3 is 0 Å². The Balaban J connectivity index is 2.71. The molecule has 0 aliphatic rings. The molecule has 0 aliphatic heterocycles. The Morgan fingerprint density at radius 3 is 2.48 bits per heavy atom. The smallest absolute Gasteiger partial charge is 0.287 e. The van der Waals surface area contributed by atoms with Gasteiger partial charge in [-0.2, -0.15) is 23.0 Å².